The van der Waals surface area contributed by atoms with Gasteiger partial charge < -0.3 is 15.7 Å². The number of rotatable bonds is 1. The molecule has 2 heterocycles. The third-order valence-corrected chi connectivity index (χ3v) is 3.22. The molecule has 3 aromatic rings. The molecule has 0 aliphatic heterocycles. The molecule has 4 heteroatoms. The van der Waals surface area contributed by atoms with Gasteiger partial charge in [0.15, 0.2) is 5.43 Å². The van der Waals surface area contributed by atoms with Crippen molar-refractivity contribution in [3.8, 4) is 11.1 Å². The molecule has 0 unspecified atom stereocenters. The molecule has 0 fully saturated rings. The first kappa shape index (κ1) is 11.6. The van der Waals surface area contributed by atoms with Crippen molar-refractivity contribution in [2.45, 2.75) is 13.8 Å². The first-order chi connectivity index (χ1) is 9.04. The monoisotopic (exact) mass is 253 g/mol. The molecule has 0 saturated carbocycles. The van der Waals surface area contributed by atoms with E-state index in [2.05, 4.69) is 16.0 Å². The van der Waals surface area contributed by atoms with E-state index in [0.29, 0.717) is 22.4 Å². The Morgan fingerprint density at radius 1 is 1.05 bits per heavy atom. The standard InChI is InChI=1S/C15H15N3O/c1-8-3-9(2)5-10(4-8)12-7-17-15-11(14(12)19)6-13(16)18-15/h3-7H,16H2,1-2H3,(H2,17,18,19). The Kier molecular flexibility index (Phi) is 2.45. The van der Waals surface area contributed by atoms with Crippen molar-refractivity contribution < 1.29 is 0 Å². The van der Waals surface area contributed by atoms with E-state index < -0.39 is 0 Å². The Balaban J connectivity index is 2.30. The first-order valence-corrected chi connectivity index (χ1v) is 6.13. The molecule has 0 amide bonds. The number of hydrogen-bond acceptors (Lipinski definition) is 2. The van der Waals surface area contributed by atoms with Gasteiger partial charge in [0.2, 0.25) is 0 Å². The summed E-state index contributed by atoms with van der Waals surface area (Å²) < 4.78 is 0. The van der Waals surface area contributed by atoms with Crippen molar-refractivity contribution in [2.24, 2.45) is 0 Å². The van der Waals surface area contributed by atoms with Crippen LogP contribution in [0.3, 0.4) is 0 Å². The summed E-state index contributed by atoms with van der Waals surface area (Å²) in [5.41, 5.74) is 10.2. The molecule has 0 radical (unpaired) electrons. The molecule has 3 rings (SSSR count). The van der Waals surface area contributed by atoms with Crippen molar-refractivity contribution in [3.05, 3.63) is 51.8 Å². The van der Waals surface area contributed by atoms with Crippen LogP contribution in [0.5, 0.6) is 0 Å². The average Bonchev–Trinajstić information content (AvgIpc) is 2.70. The second-order valence-electron chi connectivity index (χ2n) is 4.92. The van der Waals surface area contributed by atoms with E-state index in [1.807, 2.05) is 26.0 Å². The Morgan fingerprint density at radius 2 is 1.74 bits per heavy atom. The van der Waals surface area contributed by atoms with Gasteiger partial charge in [-0.3, -0.25) is 4.79 Å². The van der Waals surface area contributed by atoms with Crippen LogP contribution in [0, 0.1) is 13.8 Å². The molecule has 0 aliphatic rings. The summed E-state index contributed by atoms with van der Waals surface area (Å²) in [6.07, 6.45) is 1.73. The van der Waals surface area contributed by atoms with Gasteiger partial charge in [-0.25, -0.2) is 0 Å². The minimum atomic E-state index is -0.00769. The number of aryl methyl sites for hydroxylation is 2. The second-order valence-corrected chi connectivity index (χ2v) is 4.92. The largest absolute Gasteiger partial charge is 0.385 e. The zero-order chi connectivity index (χ0) is 13.6. The van der Waals surface area contributed by atoms with Crippen molar-refractivity contribution in [3.63, 3.8) is 0 Å². The molecule has 0 saturated heterocycles. The van der Waals surface area contributed by atoms with Gasteiger partial charge in [0.1, 0.15) is 11.5 Å². The van der Waals surface area contributed by atoms with Crippen molar-refractivity contribution in [1.82, 2.24) is 9.97 Å². The number of nitrogen functional groups attached to an aromatic ring is 1. The summed E-state index contributed by atoms with van der Waals surface area (Å²) in [5, 5.41) is 0.592. The lowest BCUT2D eigenvalue weighted by atomic mass is 10.0. The number of benzene rings is 1. The highest BCUT2D eigenvalue weighted by Gasteiger charge is 2.09. The number of aromatic amines is 2. The zero-order valence-corrected chi connectivity index (χ0v) is 10.9. The van der Waals surface area contributed by atoms with E-state index >= 15 is 0 Å². The number of nitrogens with one attached hydrogen (secondary N) is 2. The van der Waals surface area contributed by atoms with Crippen molar-refractivity contribution in [1.29, 1.82) is 0 Å². The Bertz CT molecular complexity index is 807. The number of aromatic nitrogens is 2. The molecule has 19 heavy (non-hydrogen) atoms. The number of fused-ring (bicyclic) bond motifs is 1. The summed E-state index contributed by atoms with van der Waals surface area (Å²) in [6.45, 7) is 4.05. The molecule has 2 aromatic heterocycles. The molecule has 0 bridgehead atoms. The van der Waals surface area contributed by atoms with Crippen LogP contribution < -0.4 is 11.2 Å². The van der Waals surface area contributed by atoms with Gasteiger partial charge in [0, 0.05) is 11.8 Å². The van der Waals surface area contributed by atoms with Crippen LogP contribution in [0.4, 0.5) is 5.82 Å². The van der Waals surface area contributed by atoms with Crippen LogP contribution >= 0.6 is 0 Å². The van der Waals surface area contributed by atoms with Crippen LogP contribution in [0.15, 0.2) is 35.3 Å². The van der Waals surface area contributed by atoms with Gasteiger partial charge in [-0.2, -0.15) is 0 Å². The van der Waals surface area contributed by atoms with Crippen LogP contribution in [0.1, 0.15) is 11.1 Å². The predicted molar refractivity (Wildman–Crippen MR) is 78.2 cm³/mol. The number of pyridine rings is 1. The minimum absolute atomic E-state index is 0.00769. The van der Waals surface area contributed by atoms with Crippen LogP contribution in [-0.4, -0.2) is 9.97 Å². The van der Waals surface area contributed by atoms with Gasteiger partial charge in [0.25, 0.3) is 0 Å². The first-order valence-electron chi connectivity index (χ1n) is 6.13. The van der Waals surface area contributed by atoms with Gasteiger partial charge >= 0.3 is 0 Å². The number of anilines is 1. The fourth-order valence-electron chi connectivity index (χ4n) is 2.47. The van der Waals surface area contributed by atoms with E-state index in [4.69, 9.17) is 5.73 Å². The Hall–Kier alpha value is -2.49. The zero-order valence-electron chi connectivity index (χ0n) is 10.9. The van der Waals surface area contributed by atoms with E-state index in [0.717, 1.165) is 16.7 Å². The van der Waals surface area contributed by atoms with Crippen LogP contribution in [0.2, 0.25) is 0 Å². The Morgan fingerprint density at radius 3 is 2.42 bits per heavy atom. The maximum atomic E-state index is 12.5. The smallest absolute Gasteiger partial charge is 0.198 e. The van der Waals surface area contributed by atoms with Gasteiger partial charge in [-0.15, -0.1) is 0 Å². The van der Waals surface area contributed by atoms with Gasteiger partial charge in [-0.05, 0) is 25.5 Å². The highest BCUT2D eigenvalue weighted by atomic mass is 16.1. The maximum Gasteiger partial charge on any atom is 0.198 e. The quantitative estimate of drug-likeness (QED) is 0.623. The lowest BCUT2D eigenvalue weighted by molar-refractivity contribution is 1.31. The van der Waals surface area contributed by atoms with Gasteiger partial charge in [0.05, 0.1) is 5.39 Å². The number of H-pyrrole nitrogens is 2. The number of hydrogen-bond donors (Lipinski definition) is 3. The summed E-state index contributed by atoms with van der Waals surface area (Å²) in [5.74, 6) is 0.487. The van der Waals surface area contributed by atoms with E-state index in [1.54, 1.807) is 12.3 Å². The maximum absolute atomic E-state index is 12.5. The number of nitrogens with two attached hydrogens (primary N) is 1. The fourth-order valence-corrected chi connectivity index (χ4v) is 2.47. The third kappa shape index (κ3) is 1.91. The van der Waals surface area contributed by atoms with Crippen molar-refractivity contribution >= 4 is 16.9 Å². The summed E-state index contributed by atoms with van der Waals surface area (Å²) in [6, 6.07) is 7.78. The van der Waals surface area contributed by atoms with E-state index in [-0.39, 0.29) is 5.43 Å². The molecule has 4 nitrogen and oxygen atoms in total. The Labute approximate surface area is 110 Å². The molecule has 0 spiro atoms. The highest BCUT2D eigenvalue weighted by Crippen LogP contribution is 2.21. The normalized spacial score (nSPS) is 11.1. The molecule has 0 aliphatic carbocycles. The summed E-state index contributed by atoms with van der Waals surface area (Å²) >= 11 is 0. The van der Waals surface area contributed by atoms with Crippen LogP contribution in [-0.2, 0) is 0 Å². The second kappa shape index (κ2) is 4.02. The molecule has 96 valence electrons. The lowest BCUT2D eigenvalue weighted by Crippen LogP contribution is -2.05. The van der Waals surface area contributed by atoms with Crippen LogP contribution in [0.25, 0.3) is 22.2 Å². The molecular formula is C15H15N3O. The molecule has 1 aromatic carbocycles. The average molecular weight is 253 g/mol. The van der Waals surface area contributed by atoms with E-state index in [9.17, 15) is 4.79 Å². The SMILES string of the molecule is Cc1cc(C)cc(-c2c[nH]c3[nH]c(N)cc3c2=O)c1. The topological polar surface area (TPSA) is 74.7 Å². The molecular weight excluding hydrogens is 238 g/mol. The lowest BCUT2D eigenvalue weighted by Gasteiger charge is -2.04. The van der Waals surface area contributed by atoms with Gasteiger partial charge in [-0.1, -0.05) is 29.3 Å². The molecule has 4 N–H and O–H groups in total. The minimum Gasteiger partial charge on any atom is -0.385 e. The summed E-state index contributed by atoms with van der Waals surface area (Å²) in [4.78, 5) is 18.5. The van der Waals surface area contributed by atoms with Crippen molar-refractivity contribution in [2.75, 3.05) is 5.73 Å². The third-order valence-electron chi connectivity index (χ3n) is 3.22. The predicted octanol–water partition coefficient (Wildman–Crippen LogP) is 2.72. The fraction of sp³-hybridized carbons (Fsp3) is 0.133. The summed E-state index contributed by atoms with van der Waals surface area (Å²) in [7, 11) is 0. The molecule has 0 atom stereocenters. The van der Waals surface area contributed by atoms with E-state index in [1.165, 1.54) is 0 Å². The highest BCUT2D eigenvalue weighted by molar-refractivity contribution is 5.84.